The topological polar surface area (TPSA) is 86.8 Å². The standard InChI is InChI=1S/C25H29N3O4/c1-17(29)26-19-10-12-20(13-11-19)28-22(30)14-21(24(28)32)27(23(31)15-25(2,3)4)16-18-8-6-5-7-9-18/h5-13,21H,14-16H2,1-4H3,(H,26,29). The van der Waals surface area contributed by atoms with Crippen LogP contribution in [0.15, 0.2) is 54.6 Å². The van der Waals surface area contributed by atoms with Crippen molar-refractivity contribution in [2.24, 2.45) is 5.41 Å². The number of carbonyl (C=O) groups is 4. The molecule has 32 heavy (non-hydrogen) atoms. The Bertz CT molecular complexity index is 1010. The molecular weight excluding hydrogens is 406 g/mol. The van der Waals surface area contributed by atoms with Crippen molar-refractivity contribution in [1.82, 2.24) is 4.90 Å². The highest BCUT2D eigenvalue weighted by molar-refractivity contribution is 6.23. The molecule has 0 radical (unpaired) electrons. The number of anilines is 2. The third-order valence-corrected chi connectivity index (χ3v) is 5.14. The Morgan fingerprint density at radius 1 is 1.03 bits per heavy atom. The minimum Gasteiger partial charge on any atom is -0.326 e. The molecule has 1 saturated heterocycles. The molecule has 3 rings (SSSR count). The molecule has 168 valence electrons. The maximum atomic E-state index is 13.3. The molecule has 2 aromatic carbocycles. The van der Waals surface area contributed by atoms with E-state index in [1.807, 2.05) is 51.1 Å². The minimum absolute atomic E-state index is 0.0605. The largest absolute Gasteiger partial charge is 0.326 e. The number of rotatable bonds is 6. The van der Waals surface area contributed by atoms with Gasteiger partial charge < -0.3 is 10.2 Å². The lowest BCUT2D eigenvalue weighted by molar-refractivity contribution is -0.140. The number of nitrogens with zero attached hydrogens (tertiary/aromatic N) is 2. The molecular formula is C25H29N3O4. The normalized spacial score (nSPS) is 16.2. The monoisotopic (exact) mass is 435 g/mol. The maximum absolute atomic E-state index is 13.3. The molecule has 0 spiro atoms. The van der Waals surface area contributed by atoms with E-state index >= 15 is 0 Å². The number of nitrogens with one attached hydrogen (secondary N) is 1. The van der Waals surface area contributed by atoms with E-state index in [1.54, 1.807) is 24.3 Å². The molecule has 1 fully saturated rings. The highest BCUT2D eigenvalue weighted by Crippen LogP contribution is 2.30. The molecule has 1 atom stereocenters. The predicted octanol–water partition coefficient (Wildman–Crippen LogP) is 3.74. The SMILES string of the molecule is CC(=O)Nc1ccc(N2C(=O)CC(N(Cc3ccccc3)C(=O)CC(C)(C)C)C2=O)cc1. The second kappa shape index (κ2) is 9.34. The molecule has 1 aliphatic rings. The van der Waals surface area contributed by atoms with Crippen LogP contribution in [0, 0.1) is 5.41 Å². The second-order valence-electron chi connectivity index (χ2n) is 9.26. The van der Waals surface area contributed by atoms with E-state index < -0.39 is 11.9 Å². The van der Waals surface area contributed by atoms with Crippen LogP contribution in [-0.2, 0) is 25.7 Å². The van der Waals surface area contributed by atoms with Crippen molar-refractivity contribution >= 4 is 35.0 Å². The molecule has 0 bridgehead atoms. The first-order chi connectivity index (χ1) is 15.0. The highest BCUT2D eigenvalue weighted by Gasteiger charge is 2.44. The van der Waals surface area contributed by atoms with Crippen LogP contribution in [0.1, 0.15) is 46.1 Å². The van der Waals surface area contributed by atoms with Gasteiger partial charge in [-0.05, 0) is 35.2 Å². The van der Waals surface area contributed by atoms with Crippen molar-refractivity contribution in [2.45, 2.75) is 53.1 Å². The molecule has 1 aliphatic heterocycles. The van der Waals surface area contributed by atoms with Crippen LogP contribution < -0.4 is 10.2 Å². The van der Waals surface area contributed by atoms with Gasteiger partial charge in [-0.3, -0.25) is 19.2 Å². The summed E-state index contributed by atoms with van der Waals surface area (Å²) < 4.78 is 0. The van der Waals surface area contributed by atoms with Gasteiger partial charge in [0, 0.05) is 25.6 Å². The smallest absolute Gasteiger partial charge is 0.257 e. The minimum atomic E-state index is -0.854. The fourth-order valence-corrected chi connectivity index (χ4v) is 3.74. The lowest BCUT2D eigenvalue weighted by Gasteiger charge is -2.30. The summed E-state index contributed by atoms with van der Waals surface area (Å²) in [7, 11) is 0. The number of hydrogen-bond acceptors (Lipinski definition) is 4. The van der Waals surface area contributed by atoms with Gasteiger partial charge in [0.05, 0.1) is 12.1 Å². The summed E-state index contributed by atoms with van der Waals surface area (Å²) in [4.78, 5) is 53.2. The van der Waals surface area contributed by atoms with Crippen molar-refractivity contribution < 1.29 is 19.2 Å². The number of benzene rings is 2. The summed E-state index contributed by atoms with van der Waals surface area (Å²) in [6.45, 7) is 7.57. The zero-order valence-electron chi connectivity index (χ0n) is 18.9. The molecule has 7 nitrogen and oxygen atoms in total. The molecule has 1 N–H and O–H groups in total. The van der Waals surface area contributed by atoms with E-state index in [0.29, 0.717) is 11.4 Å². The summed E-state index contributed by atoms with van der Waals surface area (Å²) >= 11 is 0. The number of amides is 4. The van der Waals surface area contributed by atoms with Gasteiger partial charge in [-0.1, -0.05) is 51.1 Å². The Morgan fingerprint density at radius 3 is 2.22 bits per heavy atom. The van der Waals surface area contributed by atoms with Crippen LogP contribution in [0.25, 0.3) is 0 Å². The van der Waals surface area contributed by atoms with Crippen molar-refractivity contribution in [3.8, 4) is 0 Å². The first kappa shape index (κ1) is 23.2. The van der Waals surface area contributed by atoms with Gasteiger partial charge in [0.1, 0.15) is 6.04 Å². The van der Waals surface area contributed by atoms with Crippen LogP contribution in [-0.4, -0.2) is 34.6 Å². The number of hydrogen-bond donors (Lipinski definition) is 1. The zero-order chi connectivity index (χ0) is 23.5. The first-order valence-corrected chi connectivity index (χ1v) is 10.6. The van der Waals surface area contributed by atoms with Crippen LogP contribution in [0.2, 0.25) is 0 Å². The summed E-state index contributed by atoms with van der Waals surface area (Å²) in [5.74, 6) is -1.13. The molecule has 1 unspecified atom stereocenters. The Labute approximate surface area is 188 Å². The molecule has 4 amide bonds. The number of imide groups is 1. The van der Waals surface area contributed by atoms with E-state index in [-0.39, 0.29) is 42.5 Å². The lowest BCUT2D eigenvalue weighted by atomic mass is 9.91. The Kier molecular flexibility index (Phi) is 6.77. The van der Waals surface area contributed by atoms with Crippen molar-refractivity contribution in [2.75, 3.05) is 10.2 Å². The van der Waals surface area contributed by atoms with Gasteiger partial charge >= 0.3 is 0 Å². The van der Waals surface area contributed by atoms with Gasteiger partial charge in [0.15, 0.2) is 0 Å². The zero-order valence-corrected chi connectivity index (χ0v) is 18.9. The third kappa shape index (κ3) is 5.60. The highest BCUT2D eigenvalue weighted by atomic mass is 16.2. The number of carbonyl (C=O) groups excluding carboxylic acids is 4. The molecule has 2 aromatic rings. The lowest BCUT2D eigenvalue weighted by Crippen LogP contribution is -2.46. The van der Waals surface area contributed by atoms with Crippen LogP contribution in [0.3, 0.4) is 0 Å². The molecule has 1 heterocycles. The van der Waals surface area contributed by atoms with Gasteiger partial charge in [0.2, 0.25) is 17.7 Å². The first-order valence-electron chi connectivity index (χ1n) is 10.6. The summed E-state index contributed by atoms with van der Waals surface area (Å²) in [5.41, 5.74) is 1.63. The Morgan fingerprint density at radius 2 is 1.66 bits per heavy atom. The second-order valence-corrected chi connectivity index (χ2v) is 9.26. The Hall–Kier alpha value is -3.48. The van der Waals surface area contributed by atoms with Gasteiger partial charge in [0.25, 0.3) is 5.91 Å². The van der Waals surface area contributed by atoms with Crippen LogP contribution >= 0.6 is 0 Å². The molecule has 0 aliphatic carbocycles. The van der Waals surface area contributed by atoms with Gasteiger partial charge in [-0.25, -0.2) is 4.90 Å². The average molecular weight is 436 g/mol. The quantitative estimate of drug-likeness (QED) is 0.701. The van der Waals surface area contributed by atoms with E-state index in [1.165, 1.54) is 11.8 Å². The van der Waals surface area contributed by atoms with Crippen LogP contribution in [0.4, 0.5) is 11.4 Å². The Balaban J connectivity index is 1.87. The fraction of sp³-hybridized carbons (Fsp3) is 0.360. The van der Waals surface area contributed by atoms with Crippen molar-refractivity contribution in [1.29, 1.82) is 0 Å². The predicted molar refractivity (Wildman–Crippen MR) is 123 cm³/mol. The molecule has 7 heteroatoms. The van der Waals surface area contributed by atoms with Gasteiger partial charge in [-0.2, -0.15) is 0 Å². The van der Waals surface area contributed by atoms with E-state index in [4.69, 9.17) is 0 Å². The van der Waals surface area contributed by atoms with E-state index in [0.717, 1.165) is 10.5 Å². The van der Waals surface area contributed by atoms with Gasteiger partial charge in [-0.15, -0.1) is 0 Å². The molecule has 0 aromatic heterocycles. The summed E-state index contributed by atoms with van der Waals surface area (Å²) in [5, 5.41) is 2.66. The fourth-order valence-electron chi connectivity index (χ4n) is 3.74. The summed E-state index contributed by atoms with van der Waals surface area (Å²) in [6.07, 6.45) is 0.207. The van der Waals surface area contributed by atoms with E-state index in [2.05, 4.69) is 5.32 Å². The summed E-state index contributed by atoms with van der Waals surface area (Å²) in [6, 6.07) is 15.1. The molecule has 0 saturated carbocycles. The average Bonchev–Trinajstić information content (AvgIpc) is 2.99. The van der Waals surface area contributed by atoms with Crippen molar-refractivity contribution in [3.63, 3.8) is 0 Å². The van der Waals surface area contributed by atoms with Crippen molar-refractivity contribution in [3.05, 3.63) is 60.2 Å². The van der Waals surface area contributed by atoms with E-state index in [9.17, 15) is 19.2 Å². The maximum Gasteiger partial charge on any atom is 0.257 e. The third-order valence-electron chi connectivity index (χ3n) is 5.14. The van der Waals surface area contributed by atoms with Crippen LogP contribution in [0.5, 0.6) is 0 Å².